The maximum absolute atomic E-state index is 12.0. The van der Waals surface area contributed by atoms with Gasteiger partial charge >= 0.3 is 6.36 Å². The molecule has 11 heteroatoms. The molecule has 0 amide bonds. The quantitative estimate of drug-likeness (QED) is 0.789. The largest absolute Gasteiger partial charge is 0.573 e. The van der Waals surface area contributed by atoms with Crippen LogP contribution in [0, 0.1) is 11.3 Å². The molecule has 18 heavy (non-hydrogen) atoms. The summed E-state index contributed by atoms with van der Waals surface area (Å²) in [6, 6.07) is 1.29. The Morgan fingerprint density at radius 2 is 2.00 bits per heavy atom. The van der Waals surface area contributed by atoms with Crippen LogP contribution in [0.25, 0.3) is 0 Å². The Labute approximate surface area is 98.8 Å². The average molecular weight is 282 g/mol. The highest BCUT2D eigenvalue weighted by Crippen LogP contribution is 2.31. The molecule has 7 nitrogen and oxygen atoms in total. The molecule has 0 aliphatic carbocycles. The van der Waals surface area contributed by atoms with Gasteiger partial charge in [-0.1, -0.05) is 0 Å². The van der Waals surface area contributed by atoms with Gasteiger partial charge in [-0.25, -0.2) is 18.5 Å². The molecule has 1 aromatic heterocycles. The van der Waals surface area contributed by atoms with Crippen molar-refractivity contribution in [2.24, 2.45) is 5.14 Å². The van der Waals surface area contributed by atoms with E-state index in [1.165, 1.54) is 6.07 Å². The lowest BCUT2D eigenvalue weighted by Crippen LogP contribution is -2.21. The van der Waals surface area contributed by atoms with Crippen LogP contribution in [0.1, 0.15) is 5.56 Å². The zero-order valence-electron chi connectivity index (χ0n) is 8.39. The third-order valence-electron chi connectivity index (χ3n) is 1.65. The van der Waals surface area contributed by atoms with Crippen molar-refractivity contribution in [1.29, 1.82) is 5.26 Å². The van der Waals surface area contributed by atoms with Gasteiger partial charge in [-0.3, -0.25) is 0 Å². The lowest BCUT2D eigenvalue weighted by Gasteiger charge is -2.12. The van der Waals surface area contributed by atoms with Crippen LogP contribution in [-0.4, -0.2) is 19.8 Å². The SMILES string of the molecule is N#Cc1c(OC(F)(F)F)cnc(S(N)(=O)=O)c1N. The van der Waals surface area contributed by atoms with Gasteiger partial charge in [0.2, 0.25) is 0 Å². The Hall–Kier alpha value is -2.06. The van der Waals surface area contributed by atoms with Gasteiger partial charge in [0.15, 0.2) is 10.8 Å². The number of nitrogens with two attached hydrogens (primary N) is 2. The number of hydrogen-bond donors (Lipinski definition) is 2. The number of nitriles is 1. The first-order chi connectivity index (χ1) is 8.06. The fourth-order valence-electron chi connectivity index (χ4n) is 1.04. The van der Waals surface area contributed by atoms with Crippen LogP contribution in [0.2, 0.25) is 0 Å². The van der Waals surface area contributed by atoms with Crippen LogP contribution in [0.3, 0.4) is 0 Å². The molecule has 0 aliphatic rings. The van der Waals surface area contributed by atoms with Gasteiger partial charge in [0, 0.05) is 0 Å². The van der Waals surface area contributed by atoms with Crippen LogP contribution in [0.15, 0.2) is 11.2 Å². The van der Waals surface area contributed by atoms with E-state index in [-0.39, 0.29) is 0 Å². The lowest BCUT2D eigenvalue weighted by molar-refractivity contribution is -0.274. The maximum Gasteiger partial charge on any atom is 0.573 e. The summed E-state index contributed by atoms with van der Waals surface area (Å²) in [5, 5.41) is 12.5. The molecule has 0 unspecified atom stereocenters. The summed E-state index contributed by atoms with van der Waals surface area (Å²) in [6.07, 6.45) is -4.66. The Morgan fingerprint density at radius 1 is 1.44 bits per heavy atom. The number of anilines is 1. The van der Waals surface area contributed by atoms with Crippen molar-refractivity contribution in [2.45, 2.75) is 11.4 Å². The standard InChI is InChI=1S/C7H5F3N4O3S/c8-7(9,10)17-4-2-14-6(18(13,15)16)5(12)3(4)1-11/h2H,12H2,(H2,13,15,16). The predicted molar refractivity (Wildman–Crippen MR) is 51.4 cm³/mol. The molecular formula is C7H5F3N4O3S. The Balaban J connectivity index is 3.45. The minimum atomic E-state index is -5.07. The number of aromatic nitrogens is 1. The molecule has 0 saturated carbocycles. The normalized spacial score (nSPS) is 11.9. The van der Waals surface area contributed by atoms with E-state index in [1.54, 1.807) is 0 Å². The van der Waals surface area contributed by atoms with Crippen molar-refractivity contribution in [2.75, 3.05) is 5.73 Å². The van der Waals surface area contributed by atoms with Gasteiger partial charge in [-0.15, -0.1) is 13.2 Å². The molecule has 1 aromatic rings. The van der Waals surface area contributed by atoms with Crippen LogP contribution < -0.4 is 15.6 Å². The molecule has 0 saturated heterocycles. The zero-order valence-corrected chi connectivity index (χ0v) is 9.21. The third-order valence-corrected chi connectivity index (χ3v) is 2.52. The van der Waals surface area contributed by atoms with E-state index >= 15 is 0 Å². The lowest BCUT2D eigenvalue weighted by atomic mass is 10.2. The van der Waals surface area contributed by atoms with Crippen molar-refractivity contribution < 1.29 is 26.3 Å². The number of sulfonamides is 1. The van der Waals surface area contributed by atoms with Gasteiger partial charge in [-0.05, 0) is 0 Å². The molecule has 1 heterocycles. The number of primary sulfonamides is 1. The molecule has 98 valence electrons. The molecule has 0 fully saturated rings. The Bertz CT molecular complexity index is 620. The van der Waals surface area contributed by atoms with Crippen LogP contribution in [0.5, 0.6) is 5.75 Å². The van der Waals surface area contributed by atoms with E-state index in [2.05, 4.69) is 9.72 Å². The number of nitrogens with zero attached hydrogens (tertiary/aromatic N) is 2. The summed E-state index contributed by atoms with van der Waals surface area (Å²) in [6.45, 7) is 0. The second-order valence-corrected chi connectivity index (χ2v) is 4.40. The van der Waals surface area contributed by atoms with E-state index in [1.807, 2.05) is 0 Å². The summed E-state index contributed by atoms with van der Waals surface area (Å²) in [7, 11) is -4.35. The van der Waals surface area contributed by atoms with Crippen molar-refractivity contribution in [3.05, 3.63) is 11.8 Å². The number of alkyl halides is 3. The predicted octanol–water partition coefficient (Wildman–Crippen LogP) is 0.0815. The van der Waals surface area contributed by atoms with E-state index in [4.69, 9.17) is 16.1 Å². The first-order valence-electron chi connectivity index (χ1n) is 4.03. The summed E-state index contributed by atoms with van der Waals surface area (Å²) in [4.78, 5) is 3.13. The molecule has 0 atom stereocenters. The number of halogens is 3. The summed E-state index contributed by atoms with van der Waals surface area (Å²) >= 11 is 0. The molecule has 1 rings (SSSR count). The van der Waals surface area contributed by atoms with E-state index < -0.39 is 38.4 Å². The fraction of sp³-hybridized carbons (Fsp3) is 0.143. The molecule has 0 radical (unpaired) electrons. The van der Waals surface area contributed by atoms with Crippen LogP contribution >= 0.6 is 0 Å². The Kier molecular flexibility index (Phi) is 3.36. The molecule has 0 spiro atoms. The van der Waals surface area contributed by atoms with Crippen molar-refractivity contribution in [1.82, 2.24) is 4.98 Å². The minimum absolute atomic E-state index is 0.405. The number of rotatable bonds is 2. The number of pyridine rings is 1. The maximum atomic E-state index is 12.0. The second-order valence-electron chi connectivity index (χ2n) is 2.92. The fourth-order valence-corrected chi connectivity index (χ4v) is 1.64. The smallest absolute Gasteiger partial charge is 0.403 e. The molecule has 4 N–H and O–H groups in total. The van der Waals surface area contributed by atoms with Crippen molar-refractivity contribution >= 4 is 15.7 Å². The first-order valence-corrected chi connectivity index (χ1v) is 5.58. The van der Waals surface area contributed by atoms with Crippen molar-refractivity contribution in [3.63, 3.8) is 0 Å². The topological polar surface area (TPSA) is 132 Å². The number of ether oxygens (including phenoxy) is 1. The molecular weight excluding hydrogens is 277 g/mol. The highest BCUT2D eigenvalue weighted by Gasteiger charge is 2.33. The van der Waals surface area contributed by atoms with Crippen molar-refractivity contribution in [3.8, 4) is 11.8 Å². The second kappa shape index (κ2) is 4.31. The van der Waals surface area contributed by atoms with Gasteiger partial charge in [0.1, 0.15) is 11.6 Å². The summed E-state index contributed by atoms with van der Waals surface area (Å²) in [5.74, 6) is -1.00. The minimum Gasteiger partial charge on any atom is -0.403 e. The van der Waals surface area contributed by atoms with Gasteiger partial charge in [0.05, 0.1) is 11.9 Å². The van der Waals surface area contributed by atoms with Gasteiger partial charge in [0.25, 0.3) is 10.0 Å². The molecule has 0 aliphatic heterocycles. The third kappa shape index (κ3) is 2.99. The highest BCUT2D eigenvalue weighted by atomic mass is 32.2. The van der Waals surface area contributed by atoms with E-state index in [0.29, 0.717) is 6.20 Å². The monoisotopic (exact) mass is 282 g/mol. The van der Waals surface area contributed by atoms with Crippen LogP contribution in [0.4, 0.5) is 18.9 Å². The molecule has 0 bridgehead atoms. The van der Waals surface area contributed by atoms with Crippen LogP contribution in [-0.2, 0) is 10.0 Å². The average Bonchev–Trinajstić information content (AvgIpc) is 2.13. The Morgan fingerprint density at radius 3 is 2.39 bits per heavy atom. The number of hydrogen-bond acceptors (Lipinski definition) is 6. The van der Waals surface area contributed by atoms with E-state index in [9.17, 15) is 21.6 Å². The number of nitrogen functional groups attached to an aromatic ring is 1. The summed E-state index contributed by atoms with van der Waals surface area (Å²) in [5.41, 5.74) is 3.59. The summed E-state index contributed by atoms with van der Waals surface area (Å²) < 4.78 is 61.4. The zero-order chi connectivity index (χ0) is 14.1. The highest BCUT2D eigenvalue weighted by molar-refractivity contribution is 7.89. The van der Waals surface area contributed by atoms with Gasteiger partial charge in [-0.2, -0.15) is 5.26 Å². The molecule has 0 aromatic carbocycles. The first kappa shape index (κ1) is 14.0. The van der Waals surface area contributed by atoms with Gasteiger partial charge < -0.3 is 10.5 Å². The van der Waals surface area contributed by atoms with E-state index in [0.717, 1.165) is 0 Å².